The van der Waals surface area contributed by atoms with Crippen LogP contribution < -0.4 is 10.4 Å². The van der Waals surface area contributed by atoms with E-state index in [1.807, 2.05) is 0 Å². The van der Waals surface area contributed by atoms with E-state index in [1.54, 1.807) is 0 Å². The van der Waals surface area contributed by atoms with Crippen molar-refractivity contribution < 1.29 is 4.43 Å². The van der Waals surface area contributed by atoms with Gasteiger partial charge in [0.1, 0.15) is 0 Å². The molecule has 2 heteroatoms. The first-order chi connectivity index (χ1) is 15.4. The highest BCUT2D eigenvalue weighted by Crippen LogP contribution is 2.40. The van der Waals surface area contributed by atoms with Crippen LogP contribution >= 0.6 is 0 Å². The van der Waals surface area contributed by atoms with Crippen molar-refractivity contribution in [3.8, 4) is 11.8 Å². The second kappa shape index (κ2) is 10.8. The molecule has 0 saturated carbocycles. The van der Waals surface area contributed by atoms with Gasteiger partial charge in [-0.3, -0.25) is 0 Å². The van der Waals surface area contributed by atoms with E-state index in [9.17, 15) is 0 Å². The zero-order chi connectivity index (χ0) is 23.0. The molecule has 0 heterocycles. The van der Waals surface area contributed by atoms with Crippen molar-refractivity contribution in [1.82, 2.24) is 0 Å². The van der Waals surface area contributed by atoms with E-state index in [4.69, 9.17) is 4.43 Å². The molecular formula is C30H36OSi. The van der Waals surface area contributed by atoms with E-state index in [-0.39, 0.29) is 11.1 Å². The standard InChI is InChI=1S/C30H36OSi/c1-6-7-8-11-18-26-19-16-17-24-29(26)25(2)31-32(30(3,4)5,27-20-12-9-13-21-27)28-22-14-10-15-23-28/h9-10,12-17,19-25H,6-8H2,1-5H3. The van der Waals surface area contributed by atoms with Crippen molar-refractivity contribution >= 4 is 18.7 Å². The van der Waals surface area contributed by atoms with E-state index in [0.29, 0.717) is 0 Å². The third-order valence-corrected chi connectivity index (χ3v) is 11.2. The summed E-state index contributed by atoms with van der Waals surface area (Å²) >= 11 is 0. The number of hydrogen-bond acceptors (Lipinski definition) is 1. The van der Waals surface area contributed by atoms with E-state index >= 15 is 0 Å². The molecule has 0 spiro atoms. The van der Waals surface area contributed by atoms with Crippen LogP contribution in [0.2, 0.25) is 5.04 Å². The van der Waals surface area contributed by atoms with Crippen molar-refractivity contribution in [2.75, 3.05) is 0 Å². The summed E-state index contributed by atoms with van der Waals surface area (Å²) in [7, 11) is -2.61. The first-order valence-electron chi connectivity index (χ1n) is 11.8. The molecule has 166 valence electrons. The molecule has 0 bridgehead atoms. The van der Waals surface area contributed by atoms with Crippen LogP contribution in [-0.4, -0.2) is 8.32 Å². The summed E-state index contributed by atoms with van der Waals surface area (Å²) in [6.07, 6.45) is 3.18. The second-order valence-electron chi connectivity index (χ2n) is 9.42. The molecule has 3 aromatic rings. The summed E-state index contributed by atoms with van der Waals surface area (Å²) in [4.78, 5) is 0. The van der Waals surface area contributed by atoms with Gasteiger partial charge in [-0.15, -0.1) is 0 Å². The fourth-order valence-electron chi connectivity index (χ4n) is 4.41. The zero-order valence-corrected chi connectivity index (χ0v) is 21.2. The Kier molecular flexibility index (Phi) is 8.13. The van der Waals surface area contributed by atoms with Gasteiger partial charge < -0.3 is 4.43 Å². The molecule has 0 saturated heterocycles. The van der Waals surface area contributed by atoms with Crippen LogP contribution in [-0.2, 0) is 4.43 Å². The Labute approximate surface area is 196 Å². The van der Waals surface area contributed by atoms with Crippen molar-refractivity contribution in [2.45, 2.75) is 65.0 Å². The maximum atomic E-state index is 7.30. The molecule has 3 rings (SSSR count). The number of benzene rings is 3. The third kappa shape index (κ3) is 5.23. The molecule has 3 aromatic carbocycles. The molecule has 1 atom stereocenters. The third-order valence-electron chi connectivity index (χ3n) is 6.05. The van der Waals surface area contributed by atoms with Gasteiger partial charge >= 0.3 is 0 Å². The van der Waals surface area contributed by atoms with Crippen molar-refractivity contribution in [3.05, 3.63) is 96.1 Å². The summed E-state index contributed by atoms with van der Waals surface area (Å²) in [6.45, 7) is 11.4. The van der Waals surface area contributed by atoms with Crippen LogP contribution in [0, 0.1) is 11.8 Å². The number of hydrogen-bond donors (Lipinski definition) is 0. The van der Waals surface area contributed by atoms with Gasteiger partial charge in [-0.05, 0) is 40.4 Å². The lowest BCUT2D eigenvalue weighted by atomic mass is 10.0. The summed E-state index contributed by atoms with van der Waals surface area (Å²) in [6, 6.07) is 30.1. The van der Waals surface area contributed by atoms with E-state index in [2.05, 4.69) is 131 Å². The molecule has 0 fully saturated rings. The Morgan fingerprint density at radius 1 is 0.812 bits per heavy atom. The van der Waals surface area contributed by atoms with Crippen molar-refractivity contribution in [3.63, 3.8) is 0 Å². The van der Waals surface area contributed by atoms with Crippen LogP contribution in [0.1, 0.15) is 71.1 Å². The second-order valence-corrected chi connectivity index (χ2v) is 13.7. The Bertz CT molecular complexity index is 999. The molecule has 0 N–H and O–H groups in total. The molecular weight excluding hydrogens is 404 g/mol. The molecule has 0 aliphatic rings. The zero-order valence-electron chi connectivity index (χ0n) is 20.2. The average Bonchev–Trinajstić information content (AvgIpc) is 2.81. The number of rotatable bonds is 7. The Hall–Kier alpha value is -2.60. The fraction of sp³-hybridized carbons (Fsp3) is 0.333. The van der Waals surface area contributed by atoms with Gasteiger partial charge in [-0.1, -0.05) is 125 Å². The Morgan fingerprint density at radius 2 is 1.34 bits per heavy atom. The first-order valence-corrected chi connectivity index (χ1v) is 13.7. The average molecular weight is 441 g/mol. The normalized spacial score (nSPS) is 12.7. The first kappa shape index (κ1) is 24.0. The quantitative estimate of drug-likeness (QED) is 0.221. The fourth-order valence-corrected chi connectivity index (χ4v) is 9.08. The lowest BCUT2D eigenvalue weighted by Gasteiger charge is -2.44. The van der Waals surface area contributed by atoms with Crippen LogP contribution in [0.25, 0.3) is 0 Å². The van der Waals surface area contributed by atoms with E-state index in [0.717, 1.165) is 18.4 Å². The lowest BCUT2D eigenvalue weighted by molar-refractivity contribution is 0.210. The topological polar surface area (TPSA) is 9.23 Å². The monoisotopic (exact) mass is 440 g/mol. The van der Waals surface area contributed by atoms with Crippen LogP contribution in [0.5, 0.6) is 0 Å². The lowest BCUT2D eigenvalue weighted by Crippen LogP contribution is -2.66. The summed E-state index contributed by atoms with van der Waals surface area (Å²) in [5, 5.41) is 2.56. The van der Waals surface area contributed by atoms with Gasteiger partial charge in [0.15, 0.2) is 0 Å². The van der Waals surface area contributed by atoms with Gasteiger partial charge in [-0.2, -0.15) is 0 Å². The summed E-state index contributed by atoms with van der Waals surface area (Å²) in [5.41, 5.74) is 2.25. The summed E-state index contributed by atoms with van der Waals surface area (Å²) in [5.74, 6) is 6.78. The van der Waals surface area contributed by atoms with Crippen LogP contribution in [0.4, 0.5) is 0 Å². The van der Waals surface area contributed by atoms with E-state index in [1.165, 1.54) is 22.4 Å². The van der Waals surface area contributed by atoms with Crippen LogP contribution in [0.15, 0.2) is 84.9 Å². The SMILES string of the molecule is CCCCC#Cc1ccccc1C(C)O[Si](c1ccccc1)(c1ccccc1)C(C)(C)C. The minimum Gasteiger partial charge on any atom is -0.401 e. The molecule has 1 unspecified atom stereocenters. The largest absolute Gasteiger partial charge is 0.401 e. The molecule has 0 aliphatic carbocycles. The van der Waals surface area contributed by atoms with Crippen LogP contribution in [0.3, 0.4) is 0 Å². The number of unbranched alkanes of at least 4 members (excludes halogenated alkanes) is 2. The van der Waals surface area contributed by atoms with Gasteiger partial charge in [0.25, 0.3) is 8.32 Å². The Morgan fingerprint density at radius 3 is 1.88 bits per heavy atom. The summed E-state index contributed by atoms with van der Waals surface area (Å²) < 4.78 is 7.30. The van der Waals surface area contributed by atoms with Crippen molar-refractivity contribution in [1.29, 1.82) is 0 Å². The minimum absolute atomic E-state index is 0.0499. The van der Waals surface area contributed by atoms with Gasteiger partial charge in [0, 0.05) is 12.0 Å². The van der Waals surface area contributed by atoms with Gasteiger partial charge in [-0.25, -0.2) is 0 Å². The highest BCUT2D eigenvalue weighted by atomic mass is 28.4. The predicted molar refractivity (Wildman–Crippen MR) is 140 cm³/mol. The predicted octanol–water partition coefficient (Wildman–Crippen LogP) is 6.87. The molecule has 0 aliphatic heterocycles. The molecule has 0 radical (unpaired) electrons. The van der Waals surface area contributed by atoms with Gasteiger partial charge in [0.2, 0.25) is 0 Å². The maximum absolute atomic E-state index is 7.30. The highest BCUT2D eigenvalue weighted by molar-refractivity contribution is 6.99. The molecule has 1 nitrogen and oxygen atoms in total. The molecule has 32 heavy (non-hydrogen) atoms. The smallest absolute Gasteiger partial charge is 0.261 e. The highest BCUT2D eigenvalue weighted by Gasteiger charge is 2.51. The Balaban J connectivity index is 2.10. The van der Waals surface area contributed by atoms with Crippen molar-refractivity contribution in [2.24, 2.45) is 0 Å². The van der Waals surface area contributed by atoms with E-state index < -0.39 is 8.32 Å². The molecule has 0 amide bonds. The molecule has 0 aromatic heterocycles. The minimum atomic E-state index is -2.61. The maximum Gasteiger partial charge on any atom is 0.261 e. The van der Waals surface area contributed by atoms with Gasteiger partial charge in [0.05, 0.1) is 6.10 Å².